The highest BCUT2D eigenvalue weighted by Crippen LogP contribution is 2.32. The molecule has 0 bridgehead atoms. The van der Waals surface area contributed by atoms with Crippen molar-refractivity contribution in [1.29, 1.82) is 0 Å². The second-order valence-corrected chi connectivity index (χ2v) is 3.73. The van der Waals surface area contributed by atoms with Gasteiger partial charge in [-0.25, -0.2) is 0 Å². The number of rotatable bonds is 1. The normalized spacial score (nSPS) is 38.2. The molecule has 0 aromatic carbocycles. The molecule has 0 N–H and O–H groups in total. The van der Waals surface area contributed by atoms with E-state index in [0.29, 0.717) is 18.5 Å². The Bertz CT molecular complexity index is 271. The van der Waals surface area contributed by atoms with Gasteiger partial charge in [0.25, 0.3) is 0 Å². The summed E-state index contributed by atoms with van der Waals surface area (Å²) < 4.78 is 0. The molecule has 3 heterocycles. The van der Waals surface area contributed by atoms with E-state index in [0.717, 1.165) is 19.6 Å². The van der Waals surface area contributed by atoms with Crippen LogP contribution in [0.4, 0.5) is 0 Å². The zero-order valence-corrected chi connectivity index (χ0v) is 7.35. The molecule has 2 atom stereocenters. The monoisotopic (exact) mass is 180 g/mol. The number of nitrogens with zero attached hydrogens (tertiary/aromatic N) is 2. The Labute approximate surface area is 76.7 Å². The van der Waals surface area contributed by atoms with Gasteiger partial charge in [0.05, 0.1) is 18.7 Å². The summed E-state index contributed by atoms with van der Waals surface area (Å²) in [5.74, 6) is 0.239. The summed E-state index contributed by atoms with van der Waals surface area (Å²) in [4.78, 5) is 18.4. The van der Waals surface area contributed by atoms with Gasteiger partial charge in [-0.05, 0) is 12.5 Å². The zero-order chi connectivity index (χ0) is 8.84. The Morgan fingerprint density at radius 2 is 2.46 bits per heavy atom. The number of hydrogen-bond acceptors (Lipinski definition) is 3. The Balaban J connectivity index is 1.73. The maximum atomic E-state index is 11.1. The van der Waals surface area contributed by atoms with Crippen molar-refractivity contribution in [3.63, 3.8) is 0 Å². The highest BCUT2D eigenvalue weighted by atomic mass is 16.7. The van der Waals surface area contributed by atoms with Crippen LogP contribution in [0.5, 0.6) is 0 Å². The molecule has 0 aliphatic carbocycles. The summed E-state index contributed by atoms with van der Waals surface area (Å²) in [6.45, 7) is 1.82. The molecule has 70 valence electrons. The first-order chi connectivity index (χ1) is 6.36. The average molecular weight is 180 g/mol. The van der Waals surface area contributed by atoms with E-state index in [1.54, 1.807) is 0 Å². The molecule has 0 aromatic rings. The molecule has 1 unspecified atom stereocenters. The van der Waals surface area contributed by atoms with Crippen LogP contribution in [-0.4, -0.2) is 41.1 Å². The second-order valence-electron chi connectivity index (χ2n) is 3.73. The third-order valence-electron chi connectivity index (χ3n) is 2.98. The standard InChI is InChI=1S/C9H12N2O2/c12-9-6-8-7(2-4-10(8)9)11-3-1-5-13-11/h2,4,7-8H,1,3,5-6H2/t7?,8-/m0/s1. The smallest absolute Gasteiger partial charge is 0.229 e. The van der Waals surface area contributed by atoms with E-state index in [2.05, 4.69) is 6.08 Å². The largest absolute Gasteiger partial charge is 0.314 e. The Hall–Kier alpha value is -0.870. The quantitative estimate of drug-likeness (QED) is 0.537. The van der Waals surface area contributed by atoms with Crippen molar-refractivity contribution in [2.75, 3.05) is 13.2 Å². The molecule has 0 aromatic heterocycles. The Morgan fingerprint density at radius 3 is 3.08 bits per heavy atom. The summed E-state index contributed by atoms with van der Waals surface area (Å²) in [6.07, 6.45) is 5.74. The highest BCUT2D eigenvalue weighted by molar-refractivity contribution is 5.85. The summed E-state index contributed by atoms with van der Waals surface area (Å²) in [6, 6.07) is 0.658. The Morgan fingerprint density at radius 1 is 1.54 bits per heavy atom. The fourth-order valence-electron chi connectivity index (χ4n) is 2.23. The van der Waals surface area contributed by atoms with Crippen molar-refractivity contribution in [2.24, 2.45) is 0 Å². The van der Waals surface area contributed by atoms with E-state index in [1.165, 1.54) is 0 Å². The van der Waals surface area contributed by atoms with Gasteiger partial charge in [0.15, 0.2) is 0 Å². The van der Waals surface area contributed by atoms with Crippen molar-refractivity contribution in [3.05, 3.63) is 12.3 Å². The van der Waals surface area contributed by atoms with E-state index in [1.807, 2.05) is 16.2 Å². The maximum Gasteiger partial charge on any atom is 0.229 e. The molecule has 1 amide bonds. The molecule has 3 aliphatic heterocycles. The summed E-state index contributed by atoms with van der Waals surface area (Å²) in [5, 5.41) is 2.01. The third-order valence-corrected chi connectivity index (χ3v) is 2.98. The summed E-state index contributed by atoms with van der Waals surface area (Å²) in [7, 11) is 0. The van der Waals surface area contributed by atoms with Crippen LogP contribution < -0.4 is 0 Å². The number of hydroxylamine groups is 2. The van der Waals surface area contributed by atoms with E-state index >= 15 is 0 Å². The van der Waals surface area contributed by atoms with Gasteiger partial charge < -0.3 is 4.90 Å². The number of carbonyl (C=O) groups is 1. The number of carbonyl (C=O) groups excluding carboxylic acids is 1. The first-order valence-corrected chi connectivity index (χ1v) is 4.75. The van der Waals surface area contributed by atoms with Crippen LogP contribution in [0.15, 0.2) is 12.3 Å². The van der Waals surface area contributed by atoms with Gasteiger partial charge in [-0.1, -0.05) is 0 Å². The average Bonchev–Trinajstić information content (AvgIpc) is 2.69. The van der Waals surface area contributed by atoms with Crippen molar-refractivity contribution < 1.29 is 9.63 Å². The van der Waals surface area contributed by atoms with Crippen molar-refractivity contribution in [2.45, 2.75) is 24.9 Å². The van der Waals surface area contributed by atoms with Crippen molar-refractivity contribution in [1.82, 2.24) is 9.96 Å². The van der Waals surface area contributed by atoms with Crippen molar-refractivity contribution in [3.8, 4) is 0 Å². The van der Waals surface area contributed by atoms with Crippen LogP contribution in [0.2, 0.25) is 0 Å². The predicted octanol–water partition coefficient (Wildman–Crippen LogP) is 0.121. The molecule has 3 aliphatic rings. The molecule has 0 saturated carbocycles. The molecule has 13 heavy (non-hydrogen) atoms. The van der Waals surface area contributed by atoms with Crippen LogP contribution in [-0.2, 0) is 9.63 Å². The minimum absolute atomic E-state index is 0.239. The maximum absolute atomic E-state index is 11.1. The third kappa shape index (κ3) is 0.957. The number of amides is 1. The van der Waals surface area contributed by atoms with Gasteiger partial charge in [-0.15, -0.1) is 0 Å². The minimum Gasteiger partial charge on any atom is -0.314 e. The lowest BCUT2D eigenvalue weighted by molar-refractivity contribution is -0.161. The number of hydrogen-bond donors (Lipinski definition) is 0. The van der Waals surface area contributed by atoms with Crippen LogP contribution >= 0.6 is 0 Å². The first kappa shape index (κ1) is 7.53. The SMILES string of the molecule is O=C1C[C@H]2C(N3CCCO3)C=CN12. The summed E-state index contributed by atoms with van der Waals surface area (Å²) >= 11 is 0. The van der Waals surface area contributed by atoms with Crippen LogP contribution in [0.3, 0.4) is 0 Å². The van der Waals surface area contributed by atoms with Gasteiger partial charge in [-0.2, -0.15) is 5.06 Å². The lowest BCUT2D eigenvalue weighted by Crippen LogP contribution is -2.55. The number of fused-ring (bicyclic) bond motifs is 1. The fourth-order valence-corrected chi connectivity index (χ4v) is 2.23. The number of β-lactam (4-membered cyclic amide) rings is 1. The molecule has 4 heteroatoms. The predicted molar refractivity (Wildman–Crippen MR) is 45.5 cm³/mol. The lowest BCUT2D eigenvalue weighted by atomic mass is 9.98. The van der Waals surface area contributed by atoms with Crippen molar-refractivity contribution >= 4 is 5.91 Å². The van der Waals surface area contributed by atoms with Crippen LogP contribution in [0.25, 0.3) is 0 Å². The topological polar surface area (TPSA) is 32.8 Å². The molecule has 2 fully saturated rings. The molecule has 0 spiro atoms. The molecule has 3 rings (SSSR count). The molecular formula is C9H12N2O2. The van der Waals surface area contributed by atoms with Gasteiger partial charge in [0, 0.05) is 19.2 Å². The molecule has 4 nitrogen and oxygen atoms in total. The second kappa shape index (κ2) is 2.56. The van der Waals surface area contributed by atoms with Crippen LogP contribution in [0, 0.1) is 0 Å². The van der Waals surface area contributed by atoms with Gasteiger partial charge in [-0.3, -0.25) is 9.63 Å². The van der Waals surface area contributed by atoms with Gasteiger partial charge in [0.1, 0.15) is 0 Å². The highest BCUT2D eigenvalue weighted by Gasteiger charge is 2.46. The van der Waals surface area contributed by atoms with Crippen LogP contribution in [0.1, 0.15) is 12.8 Å². The van der Waals surface area contributed by atoms with E-state index < -0.39 is 0 Å². The van der Waals surface area contributed by atoms with E-state index in [9.17, 15) is 4.79 Å². The first-order valence-electron chi connectivity index (χ1n) is 4.75. The summed E-state index contributed by atoms with van der Waals surface area (Å²) in [5.41, 5.74) is 0. The Kier molecular flexibility index (Phi) is 1.48. The molecular weight excluding hydrogens is 168 g/mol. The molecule has 0 radical (unpaired) electrons. The fraction of sp³-hybridized carbons (Fsp3) is 0.667. The molecule has 2 saturated heterocycles. The zero-order valence-electron chi connectivity index (χ0n) is 7.35. The lowest BCUT2D eigenvalue weighted by Gasteiger charge is -2.39. The van der Waals surface area contributed by atoms with Gasteiger partial charge in [0.2, 0.25) is 5.91 Å². The minimum atomic E-state index is 0.239. The van der Waals surface area contributed by atoms with Gasteiger partial charge >= 0.3 is 0 Å². The van der Waals surface area contributed by atoms with E-state index in [4.69, 9.17) is 4.84 Å². The van der Waals surface area contributed by atoms with E-state index in [-0.39, 0.29) is 5.91 Å².